The molecule has 0 heterocycles. The minimum absolute atomic E-state index is 0.0484. The Kier molecular flexibility index (Phi) is 10.8. The van der Waals surface area contributed by atoms with Crippen molar-refractivity contribution >= 4 is 11.6 Å². The molecule has 0 bridgehead atoms. The Morgan fingerprint density at radius 1 is 0.605 bits per heavy atom. The Hall–Kier alpha value is -2.26. The summed E-state index contributed by atoms with van der Waals surface area (Å²) in [7, 11) is 0. The topological polar surface area (TPSA) is 0 Å². The first kappa shape index (κ1) is 28.7. The SMILES string of the molecule is CCCCc1ccc(CC[C@H]2CC[C@H](CCc3cc(F)c(CCc4ccc(Cl)c(F)c4)c(F)c3)CC2)cc1. The summed E-state index contributed by atoms with van der Waals surface area (Å²) in [6.07, 6.45) is 13.2. The predicted octanol–water partition coefficient (Wildman–Crippen LogP) is 10.3. The maximum atomic E-state index is 14.7. The summed E-state index contributed by atoms with van der Waals surface area (Å²) in [6.45, 7) is 2.23. The van der Waals surface area contributed by atoms with E-state index in [2.05, 4.69) is 31.2 Å². The fourth-order valence-corrected chi connectivity index (χ4v) is 5.92. The van der Waals surface area contributed by atoms with E-state index in [9.17, 15) is 13.2 Å². The van der Waals surface area contributed by atoms with Crippen molar-refractivity contribution in [1.29, 1.82) is 0 Å². The zero-order chi connectivity index (χ0) is 26.9. The molecule has 0 amide bonds. The van der Waals surface area contributed by atoms with Crippen LogP contribution >= 0.6 is 11.6 Å². The Morgan fingerprint density at radius 3 is 1.66 bits per heavy atom. The average Bonchev–Trinajstić information content (AvgIpc) is 2.92. The third-order valence-electron chi connectivity index (χ3n) is 8.34. The van der Waals surface area contributed by atoms with Crippen LogP contribution in [0.1, 0.15) is 86.1 Å². The summed E-state index contributed by atoms with van der Waals surface area (Å²) in [5.41, 5.74) is 4.36. The van der Waals surface area contributed by atoms with Crippen molar-refractivity contribution in [2.45, 2.75) is 90.4 Å². The summed E-state index contributed by atoms with van der Waals surface area (Å²) < 4.78 is 43.1. The molecule has 1 fully saturated rings. The van der Waals surface area contributed by atoms with E-state index in [1.807, 2.05) is 0 Å². The van der Waals surface area contributed by atoms with Gasteiger partial charge in [0.25, 0.3) is 0 Å². The molecule has 4 rings (SSSR count). The molecule has 38 heavy (non-hydrogen) atoms. The van der Waals surface area contributed by atoms with Gasteiger partial charge in [-0.1, -0.05) is 81.0 Å². The quantitative estimate of drug-likeness (QED) is 0.214. The molecule has 0 aliphatic heterocycles. The van der Waals surface area contributed by atoms with Gasteiger partial charge in [-0.25, -0.2) is 13.2 Å². The van der Waals surface area contributed by atoms with E-state index in [1.165, 1.54) is 86.8 Å². The lowest BCUT2D eigenvalue weighted by Gasteiger charge is -2.28. The number of rotatable bonds is 12. The molecule has 0 nitrogen and oxygen atoms in total. The van der Waals surface area contributed by atoms with Crippen LogP contribution in [0.2, 0.25) is 5.02 Å². The largest absolute Gasteiger partial charge is 0.207 e. The van der Waals surface area contributed by atoms with Gasteiger partial charge in [0.1, 0.15) is 17.5 Å². The summed E-state index contributed by atoms with van der Waals surface area (Å²) in [5, 5.41) is 0.0484. The van der Waals surface area contributed by atoms with Crippen LogP contribution in [-0.2, 0) is 32.1 Å². The van der Waals surface area contributed by atoms with Gasteiger partial charge in [0.15, 0.2) is 0 Å². The predicted molar refractivity (Wildman–Crippen MR) is 152 cm³/mol. The first-order valence-corrected chi connectivity index (χ1v) is 14.8. The fraction of sp³-hybridized carbons (Fsp3) is 0.471. The Labute approximate surface area is 231 Å². The Bertz CT molecular complexity index is 1140. The average molecular weight is 541 g/mol. The van der Waals surface area contributed by atoms with Crippen molar-refractivity contribution < 1.29 is 13.2 Å². The van der Waals surface area contributed by atoms with Gasteiger partial charge in [-0.15, -0.1) is 0 Å². The van der Waals surface area contributed by atoms with Crippen molar-refractivity contribution in [3.05, 3.63) is 105 Å². The fourth-order valence-electron chi connectivity index (χ4n) is 5.81. The molecule has 3 aromatic carbocycles. The number of halogens is 4. The van der Waals surface area contributed by atoms with Crippen LogP contribution in [0.15, 0.2) is 54.6 Å². The van der Waals surface area contributed by atoms with Crippen LogP contribution < -0.4 is 0 Å². The zero-order valence-corrected chi connectivity index (χ0v) is 23.3. The number of aryl methyl sites for hydroxylation is 4. The van der Waals surface area contributed by atoms with Crippen LogP contribution in [0.25, 0.3) is 0 Å². The van der Waals surface area contributed by atoms with E-state index in [1.54, 1.807) is 6.07 Å². The summed E-state index contributed by atoms with van der Waals surface area (Å²) in [5.74, 6) is -0.0981. The smallest absolute Gasteiger partial charge is 0.142 e. The third-order valence-corrected chi connectivity index (χ3v) is 8.65. The monoisotopic (exact) mass is 540 g/mol. The lowest BCUT2D eigenvalue weighted by Crippen LogP contribution is -2.16. The van der Waals surface area contributed by atoms with Gasteiger partial charge in [0, 0.05) is 5.56 Å². The molecule has 0 aromatic heterocycles. The first-order valence-electron chi connectivity index (χ1n) is 14.4. The Balaban J connectivity index is 1.19. The second kappa shape index (κ2) is 14.2. The minimum atomic E-state index is -0.512. The van der Waals surface area contributed by atoms with Crippen molar-refractivity contribution in [3.63, 3.8) is 0 Å². The van der Waals surface area contributed by atoms with Gasteiger partial charge in [-0.2, -0.15) is 0 Å². The number of unbranched alkanes of at least 4 members (excludes halogenated alkanes) is 1. The highest BCUT2D eigenvalue weighted by atomic mass is 35.5. The van der Waals surface area contributed by atoms with Crippen molar-refractivity contribution in [2.24, 2.45) is 11.8 Å². The summed E-state index contributed by atoms with van der Waals surface area (Å²) >= 11 is 5.72. The molecule has 0 radical (unpaired) electrons. The number of hydrogen-bond acceptors (Lipinski definition) is 0. The summed E-state index contributed by atoms with van der Waals surface area (Å²) in [4.78, 5) is 0. The molecule has 0 saturated heterocycles. The van der Waals surface area contributed by atoms with E-state index < -0.39 is 17.5 Å². The van der Waals surface area contributed by atoms with Crippen LogP contribution in [-0.4, -0.2) is 0 Å². The van der Waals surface area contributed by atoms with E-state index >= 15 is 0 Å². The molecular formula is C34H40ClF3. The van der Waals surface area contributed by atoms with Crippen LogP contribution in [0, 0.1) is 29.3 Å². The molecule has 0 N–H and O–H groups in total. The van der Waals surface area contributed by atoms with Gasteiger partial charge in [0.2, 0.25) is 0 Å². The van der Waals surface area contributed by atoms with E-state index in [4.69, 9.17) is 11.6 Å². The van der Waals surface area contributed by atoms with E-state index in [0.29, 0.717) is 24.3 Å². The molecular weight excluding hydrogens is 501 g/mol. The van der Waals surface area contributed by atoms with Crippen molar-refractivity contribution in [2.75, 3.05) is 0 Å². The van der Waals surface area contributed by atoms with Crippen molar-refractivity contribution in [1.82, 2.24) is 0 Å². The normalized spacial score (nSPS) is 17.6. The highest BCUT2D eigenvalue weighted by Gasteiger charge is 2.21. The lowest BCUT2D eigenvalue weighted by atomic mass is 9.77. The van der Waals surface area contributed by atoms with Gasteiger partial charge in [-0.05, 0) is 110 Å². The van der Waals surface area contributed by atoms with Crippen LogP contribution in [0.5, 0.6) is 0 Å². The second-order valence-corrected chi connectivity index (χ2v) is 11.6. The Morgan fingerprint density at radius 2 is 1.11 bits per heavy atom. The lowest BCUT2D eigenvalue weighted by molar-refractivity contribution is 0.253. The minimum Gasteiger partial charge on any atom is -0.207 e. The highest BCUT2D eigenvalue weighted by Crippen LogP contribution is 2.34. The standard InChI is InChI=1S/C34H40ClF3/c1-2-3-4-24-5-7-25(8-6-24)9-10-26-11-13-27(14-12-26)15-16-29-22-32(36)30(33(37)23-29)19-17-28-18-20-31(35)34(38)21-28/h5-8,18,20-23,26-27H,2-4,9-17,19H2,1H3/t26-,27-. The highest BCUT2D eigenvalue weighted by molar-refractivity contribution is 6.30. The maximum Gasteiger partial charge on any atom is 0.142 e. The molecule has 4 heteroatoms. The van der Waals surface area contributed by atoms with Crippen LogP contribution in [0.3, 0.4) is 0 Å². The summed E-state index contributed by atoms with van der Waals surface area (Å²) in [6, 6.07) is 16.7. The second-order valence-electron chi connectivity index (χ2n) is 11.2. The number of hydrogen-bond donors (Lipinski definition) is 0. The zero-order valence-electron chi connectivity index (χ0n) is 22.6. The molecule has 1 aliphatic carbocycles. The number of benzene rings is 3. The first-order chi connectivity index (χ1) is 18.4. The van der Waals surface area contributed by atoms with Gasteiger partial charge < -0.3 is 0 Å². The molecule has 0 spiro atoms. The molecule has 3 aromatic rings. The third kappa shape index (κ3) is 8.37. The van der Waals surface area contributed by atoms with E-state index in [0.717, 1.165) is 24.3 Å². The maximum absolute atomic E-state index is 14.7. The molecule has 1 saturated carbocycles. The molecule has 0 unspecified atom stereocenters. The van der Waals surface area contributed by atoms with Gasteiger partial charge in [0.05, 0.1) is 5.02 Å². The van der Waals surface area contributed by atoms with E-state index in [-0.39, 0.29) is 17.0 Å². The molecule has 0 atom stereocenters. The molecule has 1 aliphatic rings. The van der Waals surface area contributed by atoms with Crippen molar-refractivity contribution in [3.8, 4) is 0 Å². The van der Waals surface area contributed by atoms with Gasteiger partial charge >= 0.3 is 0 Å². The van der Waals surface area contributed by atoms with Gasteiger partial charge in [-0.3, -0.25) is 0 Å². The van der Waals surface area contributed by atoms with Crippen LogP contribution in [0.4, 0.5) is 13.2 Å². The molecule has 204 valence electrons.